The first-order valence-electron chi connectivity index (χ1n) is 6.17. The van der Waals surface area contributed by atoms with E-state index in [1.54, 1.807) is 0 Å². The minimum absolute atomic E-state index is 0.243. The third-order valence-electron chi connectivity index (χ3n) is 3.16. The Labute approximate surface area is 111 Å². The summed E-state index contributed by atoms with van der Waals surface area (Å²) in [4.78, 5) is 10.6. The van der Waals surface area contributed by atoms with Crippen LogP contribution in [0, 0.1) is 11.3 Å². The summed E-state index contributed by atoms with van der Waals surface area (Å²) in [5.74, 6) is 1.54. The van der Waals surface area contributed by atoms with Crippen molar-refractivity contribution >= 4 is 17.3 Å². The molecular weight excluding hydrogens is 238 g/mol. The number of anilines is 3. The van der Waals surface area contributed by atoms with Gasteiger partial charge >= 0.3 is 0 Å². The third kappa shape index (κ3) is 2.20. The number of nitrogens with one attached hydrogen (secondary N) is 1. The van der Waals surface area contributed by atoms with E-state index >= 15 is 0 Å². The lowest BCUT2D eigenvalue weighted by Gasteiger charge is -2.18. The number of nitrogens with zero attached hydrogens (tertiary/aromatic N) is 4. The highest BCUT2D eigenvalue weighted by atomic mass is 15.2. The summed E-state index contributed by atoms with van der Waals surface area (Å²) >= 11 is 0. The van der Waals surface area contributed by atoms with Crippen molar-refractivity contribution in [2.45, 2.75) is 6.42 Å². The van der Waals surface area contributed by atoms with Gasteiger partial charge in [0.2, 0.25) is 0 Å². The number of para-hydroxylation sites is 1. The lowest BCUT2D eigenvalue weighted by Crippen LogP contribution is -2.15. The van der Waals surface area contributed by atoms with Crippen LogP contribution in [-0.4, -0.2) is 23.1 Å². The van der Waals surface area contributed by atoms with Crippen LogP contribution in [0.1, 0.15) is 5.56 Å². The molecule has 2 aromatic rings. The first kappa shape index (κ1) is 11.5. The lowest BCUT2D eigenvalue weighted by molar-refractivity contribution is 0.964. The molecule has 0 fully saturated rings. The number of hydrogen-bond acceptors (Lipinski definition) is 5. The fourth-order valence-electron chi connectivity index (χ4n) is 2.30. The maximum Gasteiger partial charge on any atom is 0.138 e. The summed E-state index contributed by atoms with van der Waals surface area (Å²) in [6.45, 7) is 1.17. The smallest absolute Gasteiger partial charge is 0.138 e. The van der Waals surface area contributed by atoms with E-state index in [1.165, 1.54) is 17.6 Å². The van der Waals surface area contributed by atoms with E-state index in [1.807, 2.05) is 18.2 Å². The molecule has 5 heteroatoms. The van der Waals surface area contributed by atoms with E-state index in [0.717, 1.165) is 18.8 Å². The van der Waals surface area contributed by atoms with Crippen LogP contribution in [0.25, 0.3) is 0 Å². The standard InChI is InChI=1S/C14H13N5/c15-6-7-16-13-9-14(18-10-17-13)19-8-5-11-3-1-2-4-12(11)19/h1-4,9-10H,5,7-8H2,(H,16,17,18). The van der Waals surface area contributed by atoms with E-state index in [0.29, 0.717) is 5.82 Å². The maximum atomic E-state index is 8.57. The van der Waals surface area contributed by atoms with Gasteiger partial charge in [0.15, 0.2) is 0 Å². The zero-order valence-corrected chi connectivity index (χ0v) is 10.4. The predicted octanol–water partition coefficient (Wildman–Crippen LogP) is 2.11. The third-order valence-corrected chi connectivity index (χ3v) is 3.16. The Morgan fingerprint density at radius 2 is 2.21 bits per heavy atom. The van der Waals surface area contributed by atoms with E-state index in [9.17, 15) is 0 Å². The zero-order valence-electron chi connectivity index (χ0n) is 10.4. The van der Waals surface area contributed by atoms with Gasteiger partial charge < -0.3 is 10.2 Å². The van der Waals surface area contributed by atoms with Crippen LogP contribution >= 0.6 is 0 Å². The molecule has 0 unspecified atom stereocenters. The van der Waals surface area contributed by atoms with Crippen molar-refractivity contribution in [1.29, 1.82) is 5.26 Å². The van der Waals surface area contributed by atoms with Gasteiger partial charge in [-0.15, -0.1) is 0 Å². The largest absolute Gasteiger partial charge is 0.357 e. The molecule has 0 atom stereocenters. The molecule has 0 amide bonds. The van der Waals surface area contributed by atoms with Gasteiger partial charge in [0.25, 0.3) is 0 Å². The van der Waals surface area contributed by atoms with Crippen LogP contribution in [0.2, 0.25) is 0 Å². The van der Waals surface area contributed by atoms with Crippen molar-refractivity contribution in [3.8, 4) is 6.07 Å². The SMILES string of the molecule is N#CCNc1cc(N2CCc3ccccc32)ncn1. The number of hydrogen-bond donors (Lipinski definition) is 1. The molecule has 3 rings (SSSR count). The monoisotopic (exact) mass is 251 g/mol. The Morgan fingerprint density at radius 1 is 1.32 bits per heavy atom. The highest BCUT2D eigenvalue weighted by Gasteiger charge is 2.20. The Kier molecular flexibility index (Phi) is 2.99. The molecule has 5 nitrogen and oxygen atoms in total. The number of rotatable bonds is 3. The molecule has 1 aromatic heterocycles. The number of benzene rings is 1. The van der Waals surface area contributed by atoms with Crippen molar-refractivity contribution in [3.63, 3.8) is 0 Å². The first-order valence-corrected chi connectivity index (χ1v) is 6.17. The molecular formula is C14H13N5. The minimum atomic E-state index is 0.243. The van der Waals surface area contributed by atoms with Crippen molar-refractivity contribution < 1.29 is 0 Å². The molecule has 1 N–H and O–H groups in total. The van der Waals surface area contributed by atoms with Gasteiger partial charge in [-0.1, -0.05) is 18.2 Å². The van der Waals surface area contributed by atoms with Crippen LogP contribution in [0.3, 0.4) is 0 Å². The molecule has 1 aromatic carbocycles. The van der Waals surface area contributed by atoms with Crippen LogP contribution in [-0.2, 0) is 6.42 Å². The molecule has 0 radical (unpaired) electrons. The second kappa shape index (κ2) is 4.94. The van der Waals surface area contributed by atoms with Gasteiger partial charge in [-0.3, -0.25) is 0 Å². The minimum Gasteiger partial charge on any atom is -0.357 e. The van der Waals surface area contributed by atoms with Gasteiger partial charge in [-0.2, -0.15) is 5.26 Å². The molecule has 0 saturated carbocycles. The second-order valence-electron chi connectivity index (χ2n) is 4.30. The van der Waals surface area contributed by atoms with Gasteiger partial charge in [-0.25, -0.2) is 9.97 Å². The zero-order chi connectivity index (χ0) is 13.1. The Balaban J connectivity index is 1.90. The summed E-state index contributed by atoms with van der Waals surface area (Å²) in [6.07, 6.45) is 2.55. The summed E-state index contributed by atoms with van der Waals surface area (Å²) in [5, 5.41) is 11.5. The van der Waals surface area contributed by atoms with Crippen molar-refractivity contribution in [2.24, 2.45) is 0 Å². The predicted molar refractivity (Wildman–Crippen MR) is 73.3 cm³/mol. The fourth-order valence-corrected chi connectivity index (χ4v) is 2.30. The van der Waals surface area contributed by atoms with E-state index in [-0.39, 0.29) is 6.54 Å². The van der Waals surface area contributed by atoms with Crippen LogP contribution in [0.5, 0.6) is 0 Å². The molecule has 2 heterocycles. The highest BCUT2D eigenvalue weighted by Crippen LogP contribution is 2.33. The van der Waals surface area contributed by atoms with E-state index in [2.05, 4.69) is 38.4 Å². The quantitative estimate of drug-likeness (QED) is 0.846. The number of fused-ring (bicyclic) bond motifs is 1. The van der Waals surface area contributed by atoms with Gasteiger partial charge in [0, 0.05) is 18.3 Å². The second-order valence-corrected chi connectivity index (χ2v) is 4.30. The van der Waals surface area contributed by atoms with Crippen LogP contribution < -0.4 is 10.2 Å². The maximum absolute atomic E-state index is 8.57. The average Bonchev–Trinajstić information content (AvgIpc) is 2.89. The molecule has 19 heavy (non-hydrogen) atoms. The first-order chi connectivity index (χ1) is 9.38. The molecule has 0 saturated heterocycles. The lowest BCUT2D eigenvalue weighted by atomic mass is 10.2. The molecule has 94 valence electrons. The van der Waals surface area contributed by atoms with Gasteiger partial charge in [-0.05, 0) is 18.1 Å². The molecule has 0 spiro atoms. The Morgan fingerprint density at radius 3 is 3.11 bits per heavy atom. The summed E-state index contributed by atoms with van der Waals surface area (Å²) in [7, 11) is 0. The number of nitriles is 1. The molecule has 0 aliphatic carbocycles. The molecule has 1 aliphatic rings. The average molecular weight is 251 g/mol. The van der Waals surface area contributed by atoms with E-state index < -0.39 is 0 Å². The van der Waals surface area contributed by atoms with Crippen LogP contribution in [0.15, 0.2) is 36.7 Å². The molecule has 1 aliphatic heterocycles. The fraction of sp³-hybridized carbons (Fsp3) is 0.214. The van der Waals surface area contributed by atoms with Crippen molar-refractivity contribution in [2.75, 3.05) is 23.3 Å². The summed E-state index contributed by atoms with van der Waals surface area (Å²) < 4.78 is 0. The Hall–Kier alpha value is -2.61. The van der Waals surface area contributed by atoms with Crippen LogP contribution in [0.4, 0.5) is 17.3 Å². The Bertz CT molecular complexity index is 632. The summed E-state index contributed by atoms with van der Waals surface area (Å²) in [6, 6.07) is 12.3. The topological polar surface area (TPSA) is 64.8 Å². The van der Waals surface area contributed by atoms with Crippen molar-refractivity contribution in [3.05, 3.63) is 42.2 Å². The van der Waals surface area contributed by atoms with Gasteiger partial charge in [0.05, 0.1) is 6.07 Å². The van der Waals surface area contributed by atoms with Crippen molar-refractivity contribution in [1.82, 2.24) is 9.97 Å². The van der Waals surface area contributed by atoms with E-state index in [4.69, 9.17) is 5.26 Å². The normalized spacial score (nSPS) is 12.9. The highest BCUT2D eigenvalue weighted by molar-refractivity contribution is 5.68. The number of aromatic nitrogens is 2. The summed E-state index contributed by atoms with van der Waals surface area (Å²) in [5.41, 5.74) is 2.54. The molecule has 0 bridgehead atoms. The van der Waals surface area contributed by atoms with Gasteiger partial charge in [0.1, 0.15) is 24.5 Å².